The summed E-state index contributed by atoms with van der Waals surface area (Å²) in [5, 5.41) is 0. The van der Waals surface area contributed by atoms with E-state index in [9.17, 15) is 0 Å². The molecule has 14 heavy (non-hydrogen) atoms. The summed E-state index contributed by atoms with van der Waals surface area (Å²) in [4.78, 5) is 2.49. The van der Waals surface area contributed by atoms with Crippen molar-refractivity contribution in [2.24, 2.45) is 5.92 Å². The topological polar surface area (TPSA) is 3.24 Å². The molecule has 0 spiro atoms. The smallest absolute Gasteiger partial charge is 0.0345 e. The maximum absolute atomic E-state index is 2.49. The average Bonchev–Trinajstić information content (AvgIpc) is 2.19. The molecule has 1 heterocycles. The highest BCUT2D eigenvalue weighted by Crippen LogP contribution is 2.31. The molecule has 1 aromatic rings. The summed E-state index contributed by atoms with van der Waals surface area (Å²) in [5.74, 6) is 0.861. The zero-order valence-electron chi connectivity index (χ0n) is 9.11. The fourth-order valence-electron chi connectivity index (χ4n) is 2.47. The van der Waals surface area contributed by atoms with Crippen LogP contribution in [0.4, 0.5) is 0 Å². The Kier molecular flexibility index (Phi) is 2.87. The Morgan fingerprint density at radius 3 is 2.50 bits per heavy atom. The third-order valence-electron chi connectivity index (χ3n) is 3.25. The van der Waals surface area contributed by atoms with Crippen LogP contribution in [0.1, 0.15) is 31.4 Å². The Morgan fingerprint density at radius 1 is 1.14 bits per heavy atom. The first kappa shape index (κ1) is 9.72. The van der Waals surface area contributed by atoms with Gasteiger partial charge in [0, 0.05) is 12.6 Å². The molecule has 2 atom stereocenters. The molecule has 1 aliphatic heterocycles. The van der Waals surface area contributed by atoms with E-state index in [0.29, 0.717) is 6.04 Å². The van der Waals surface area contributed by atoms with Crippen LogP contribution < -0.4 is 0 Å². The van der Waals surface area contributed by atoms with Crippen molar-refractivity contribution in [3.63, 3.8) is 0 Å². The predicted octanol–water partition coefficient (Wildman–Crippen LogP) is 3.09. The predicted molar refractivity (Wildman–Crippen MR) is 60.2 cm³/mol. The Hall–Kier alpha value is -0.820. The molecule has 0 aromatic heterocycles. The van der Waals surface area contributed by atoms with Gasteiger partial charge < -0.3 is 0 Å². The zero-order valence-corrected chi connectivity index (χ0v) is 9.11. The van der Waals surface area contributed by atoms with Crippen LogP contribution in [0.3, 0.4) is 0 Å². The van der Waals surface area contributed by atoms with E-state index in [1.807, 2.05) is 0 Å². The third kappa shape index (κ3) is 1.98. The molecule has 1 heteroatoms. The summed E-state index contributed by atoms with van der Waals surface area (Å²) in [6.07, 6.45) is 2.67. The van der Waals surface area contributed by atoms with Gasteiger partial charge in [-0.3, -0.25) is 4.90 Å². The fraction of sp³-hybridized carbons (Fsp3) is 0.538. The second-order valence-corrected chi connectivity index (χ2v) is 4.55. The van der Waals surface area contributed by atoms with Crippen molar-refractivity contribution in [1.29, 1.82) is 0 Å². The van der Waals surface area contributed by atoms with Crippen LogP contribution in [0.15, 0.2) is 30.3 Å². The zero-order chi connectivity index (χ0) is 9.97. The number of piperidine rings is 1. The summed E-state index contributed by atoms with van der Waals surface area (Å²) >= 11 is 0. The van der Waals surface area contributed by atoms with Crippen LogP contribution in [-0.4, -0.2) is 18.5 Å². The molecule has 0 bridgehead atoms. The van der Waals surface area contributed by atoms with Crippen LogP contribution in [0.5, 0.6) is 0 Å². The van der Waals surface area contributed by atoms with Crippen LogP contribution in [-0.2, 0) is 0 Å². The number of nitrogens with zero attached hydrogens (tertiary/aromatic N) is 1. The monoisotopic (exact) mass is 189 g/mol. The van der Waals surface area contributed by atoms with Gasteiger partial charge in [0.1, 0.15) is 0 Å². The molecule has 0 amide bonds. The number of rotatable bonds is 1. The van der Waals surface area contributed by atoms with Gasteiger partial charge in [0.15, 0.2) is 0 Å². The lowest BCUT2D eigenvalue weighted by molar-refractivity contribution is 0.146. The van der Waals surface area contributed by atoms with E-state index in [1.54, 1.807) is 0 Å². The van der Waals surface area contributed by atoms with Gasteiger partial charge >= 0.3 is 0 Å². The first-order chi connectivity index (χ1) is 6.77. The first-order valence-electron chi connectivity index (χ1n) is 5.52. The molecular formula is C13H19N. The number of hydrogen-bond acceptors (Lipinski definition) is 1. The largest absolute Gasteiger partial charge is 0.299 e. The maximum Gasteiger partial charge on any atom is 0.0345 e. The lowest BCUT2D eigenvalue weighted by Crippen LogP contribution is -2.33. The molecule has 0 N–H and O–H groups in total. The minimum atomic E-state index is 0.646. The minimum Gasteiger partial charge on any atom is -0.299 e. The molecule has 0 saturated carbocycles. The van der Waals surface area contributed by atoms with Gasteiger partial charge in [-0.25, -0.2) is 0 Å². The quantitative estimate of drug-likeness (QED) is 0.656. The van der Waals surface area contributed by atoms with Gasteiger partial charge in [0.25, 0.3) is 0 Å². The summed E-state index contributed by atoms with van der Waals surface area (Å²) in [6, 6.07) is 11.5. The van der Waals surface area contributed by atoms with Crippen LogP contribution in [0.25, 0.3) is 0 Å². The van der Waals surface area contributed by atoms with E-state index < -0.39 is 0 Å². The average molecular weight is 189 g/mol. The molecule has 1 nitrogen and oxygen atoms in total. The molecular weight excluding hydrogens is 170 g/mol. The lowest BCUT2D eigenvalue weighted by atomic mass is 9.90. The Bertz CT molecular complexity index is 281. The summed E-state index contributed by atoms with van der Waals surface area (Å²) < 4.78 is 0. The van der Waals surface area contributed by atoms with Crippen LogP contribution >= 0.6 is 0 Å². The van der Waals surface area contributed by atoms with Crippen molar-refractivity contribution in [3.05, 3.63) is 35.9 Å². The molecule has 1 fully saturated rings. The molecule has 2 rings (SSSR count). The second-order valence-electron chi connectivity index (χ2n) is 4.55. The molecule has 1 aromatic carbocycles. The summed E-state index contributed by atoms with van der Waals surface area (Å²) in [5.41, 5.74) is 1.47. The van der Waals surface area contributed by atoms with E-state index in [1.165, 1.54) is 24.9 Å². The van der Waals surface area contributed by atoms with Crippen molar-refractivity contribution in [3.8, 4) is 0 Å². The minimum absolute atomic E-state index is 0.646. The van der Waals surface area contributed by atoms with E-state index in [4.69, 9.17) is 0 Å². The van der Waals surface area contributed by atoms with Crippen molar-refractivity contribution in [2.75, 3.05) is 13.6 Å². The molecule has 1 saturated heterocycles. The molecule has 0 aliphatic carbocycles. The summed E-state index contributed by atoms with van der Waals surface area (Å²) in [7, 11) is 2.24. The lowest BCUT2D eigenvalue weighted by Gasteiger charge is -2.36. The van der Waals surface area contributed by atoms with Crippen molar-refractivity contribution in [2.45, 2.75) is 25.8 Å². The first-order valence-corrected chi connectivity index (χ1v) is 5.52. The Balaban J connectivity index is 2.12. The van der Waals surface area contributed by atoms with Gasteiger partial charge in [-0.2, -0.15) is 0 Å². The van der Waals surface area contributed by atoms with Gasteiger partial charge in [0.2, 0.25) is 0 Å². The van der Waals surface area contributed by atoms with Crippen molar-refractivity contribution in [1.82, 2.24) is 4.90 Å². The molecule has 0 unspecified atom stereocenters. The highest BCUT2D eigenvalue weighted by atomic mass is 15.1. The van der Waals surface area contributed by atoms with Crippen LogP contribution in [0, 0.1) is 5.92 Å². The number of likely N-dealkylation sites (tertiary alicyclic amines) is 1. The van der Waals surface area contributed by atoms with Crippen molar-refractivity contribution >= 4 is 0 Å². The van der Waals surface area contributed by atoms with Gasteiger partial charge in [0.05, 0.1) is 0 Å². The Morgan fingerprint density at radius 2 is 1.86 bits per heavy atom. The van der Waals surface area contributed by atoms with E-state index >= 15 is 0 Å². The number of benzene rings is 1. The third-order valence-corrected chi connectivity index (χ3v) is 3.25. The molecule has 76 valence electrons. The fourth-order valence-corrected chi connectivity index (χ4v) is 2.47. The molecule has 1 aliphatic rings. The van der Waals surface area contributed by atoms with Gasteiger partial charge in [-0.15, -0.1) is 0 Å². The highest BCUT2D eigenvalue weighted by Gasteiger charge is 2.23. The summed E-state index contributed by atoms with van der Waals surface area (Å²) in [6.45, 7) is 3.58. The standard InChI is InChI=1S/C13H19N/c1-11-8-9-13(14(2)10-11)12-6-4-3-5-7-12/h3-7,11,13H,8-10H2,1-2H3/t11-,13-/m0/s1. The normalized spacial score (nSPS) is 29.0. The molecule has 0 radical (unpaired) electrons. The SMILES string of the molecule is C[C@H]1CC[C@@H](c2ccccc2)N(C)C1. The maximum atomic E-state index is 2.49. The van der Waals surface area contributed by atoms with Gasteiger partial charge in [-0.1, -0.05) is 37.3 Å². The van der Waals surface area contributed by atoms with E-state index in [0.717, 1.165) is 5.92 Å². The van der Waals surface area contributed by atoms with E-state index in [2.05, 4.69) is 49.2 Å². The van der Waals surface area contributed by atoms with Crippen LogP contribution in [0.2, 0.25) is 0 Å². The highest BCUT2D eigenvalue weighted by molar-refractivity contribution is 5.19. The Labute approximate surface area is 86.7 Å². The number of hydrogen-bond donors (Lipinski definition) is 0. The van der Waals surface area contributed by atoms with Crippen molar-refractivity contribution < 1.29 is 0 Å². The van der Waals surface area contributed by atoms with Gasteiger partial charge in [-0.05, 0) is 31.4 Å². The second kappa shape index (κ2) is 4.14. The van der Waals surface area contributed by atoms with E-state index in [-0.39, 0.29) is 0 Å².